The largest absolute Gasteiger partial charge is 0.494 e. The van der Waals surface area contributed by atoms with E-state index in [0.717, 1.165) is 13.1 Å². The highest BCUT2D eigenvalue weighted by Crippen LogP contribution is 2.39. The van der Waals surface area contributed by atoms with Gasteiger partial charge in [-0.05, 0) is 32.0 Å². The van der Waals surface area contributed by atoms with Gasteiger partial charge in [0.15, 0.2) is 11.2 Å². The van der Waals surface area contributed by atoms with Crippen LogP contribution in [0.4, 0.5) is 10.1 Å². The molecule has 0 aliphatic carbocycles. The van der Waals surface area contributed by atoms with Gasteiger partial charge >= 0.3 is 0 Å². The molecule has 182 valence electrons. The van der Waals surface area contributed by atoms with Gasteiger partial charge in [0.1, 0.15) is 40.6 Å². The average Bonchev–Trinajstić information content (AvgIpc) is 3.22. The number of fused-ring (bicyclic) bond motifs is 4. The van der Waals surface area contributed by atoms with Crippen LogP contribution in [0.15, 0.2) is 29.1 Å². The summed E-state index contributed by atoms with van der Waals surface area (Å²) in [5.41, 5.74) is 2.14. The molecule has 1 saturated heterocycles. The number of hydrogen-bond acceptors (Lipinski definition) is 5. The maximum absolute atomic E-state index is 16.6. The van der Waals surface area contributed by atoms with Crippen LogP contribution in [0, 0.1) is 17.1 Å². The van der Waals surface area contributed by atoms with Crippen molar-refractivity contribution in [2.45, 2.75) is 25.1 Å². The Labute approximate surface area is 212 Å². The smallest absolute Gasteiger partial charge is 0.199 e. The predicted octanol–water partition coefficient (Wildman–Crippen LogP) is 0.869. The van der Waals surface area contributed by atoms with Crippen LogP contribution in [0.25, 0.3) is 32.8 Å². The van der Waals surface area contributed by atoms with Gasteiger partial charge in [-0.2, -0.15) is 5.26 Å². The summed E-state index contributed by atoms with van der Waals surface area (Å²) >= 11 is 0. The van der Waals surface area contributed by atoms with Crippen molar-refractivity contribution in [1.29, 1.82) is 5.26 Å². The molecule has 0 amide bonds. The van der Waals surface area contributed by atoms with Crippen molar-refractivity contribution in [3.05, 3.63) is 45.9 Å². The quantitative estimate of drug-likeness (QED) is 0.437. The standard InChI is InChI=1S/C25H29B3FN5O2/c1-13(2)34-21-16(23(35)19-15-5-4-14(12-30)10-17(15)31-24(19)34)11-18(36-3)22(20(21)29)32-6-8-33(9-7-32)25(26,27)28/h4-5,10-11,13,31H,6-9,26-28H2,1-3H3. The molecule has 2 aromatic heterocycles. The molecule has 36 heavy (non-hydrogen) atoms. The first kappa shape index (κ1) is 24.3. The van der Waals surface area contributed by atoms with Crippen LogP contribution in [0.3, 0.4) is 0 Å². The Morgan fingerprint density at radius 3 is 2.42 bits per heavy atom. The molecule has 1 fully saturated rings. The van der Waals surface area contributed by atoms with Gasteiger partial charge in [0.05, 0.1) is 35.0 Å². The van der Waals surface area contributed by atoms with E-state index in [9.17, 15) is 10.1 Å². The number of pyridine rings is 1. The van der Waals surface area contributed by atoms with E-state index in [1.165, 1.54) is 7.11 Å². The van der Waals surface area contributed by atoms with E-state index < -0.39 is 5.82 Å². The lowest BCUT2D eigenvalue weighted by Crippen LogP contribution is -2.58. The Balaban J connectivity index is 1.80. The minimum Gasteiger partial charge on any atom is -0.494 e. The summed E-state index contributed by atoms with van der Waals surface area (Å²) in [6, 6.07) is 8.89. The van der Waals surface area contributed by atoms with Crippen LogP contribution >= 0.6 is 0 Å². The minimum atomic E-state index is -0.447. The number of piperazine rings is 1. The maximum atomic E-state index is 16.6. The van der Waals surface area contributed by atoms with Crippen molar-refractivity contribution < 1.29 is 9.13 Å². The predicted molar refractivity (Wildman–Crippen MR) is 151 cm³/mol. The number of methoxy groups -OCH3 is 1. The van der Waals surface area contributed by atoms with E-state index in [0.29, 0.717) is 52.0 Å². The number of hydrogen-bond donors (Lipinski definition) is 1. The molecule has 0 radical (unpaired) electrons. The third kappa shape index (κ3) is 3.67. The summed E-state index contributed by atoms with van der Waals surface area (Å²) < 4.78 is 24.1. The number of halogens is 1. The maximum Gasteiger partial charge on any atom is 0.199 e. The Bertz CT molecular complexity index is 1610. The molecule has 0 saturated carbocycles. The van der Waals surface area contributed by atoms with E-state index in [1.54, 1.807) is 24.3 Å². The lowest BCUT2D eigenvalue weighted by molar-refractivity contribution is 0.255. The highest BCUT2D eigenvalue weighted by atomic mass is 19.1. The number of anilines is 1. The van der Waals surface area contributed by atoms with Crippen molar-refractivity contribution in [1.82, 2.24) is 14.5 Å². The minimum absolute atomic E-state index is 0.0445. The topological polar surface area (TPSA) is 77.3 Å². The molecule has 0 bridgehead atoms. The van der Waals surface area contributed by atoms with Crippen LogP contribution in [0.2, 0.25) is 0 Å². The number of rotatable bonds is 4. The number of aromatic amines is 1. The molecule has 1 N–H and O–H groups in total. The summed E-state index contributed by atoms with van der Waals surface area (Å²) in [6.07, 6.45) is 0. The molecule has 2 aromatic carbocycles. The first-order valence-electron chi connectivity index (χ1n) is 12.4. The highest BCUT2D eigenvalue weighted by molar-refractivity contribution is 6.59. The van der Waals surface area contributed by atoms with Gasteiger partial charge in [0, 0.05) is 43.1 Å². The molecule has 1 aliphatic rings. The zero-order valence-corrected chi connectivity index (χ0v) is 21.7. The first-order chi connectivity index (χ1) is 17.1. The number of benzene rings is 2. The molecule has 3 heterocycles. The third-order valence-corrected chi connectivity index (χ3v) is 7.32. The third-order valence-electron chi connectivity index (χ3n) is 7.32. The van der Waals surface area contributed by atoms with Crippen LogP contribution < -0.4 is 15.1 Å². The fourth-order valence-electron chi connectivity index (χ4n) is 5.49. The number of H-pyrrole nitrogens is 1. The molecule has 5 rings (SSSR count). The summed E-state index contributed by atoms with van der Waals surface area (Å²) in [5.74, 6) is -0.0831. The zero-order valence-electron chi connectivity index (χ0n) is 21.7. The van der Waals surface area contributed by atoms with Gasteiger partial charge in [0.25, 0.3) is 0 Å². The van der Waals surface area contributed by atoms with Gasteiger partial charge < -0.3 is 24.1 Å². The Kier molecular flexibility index (Phi) is 5.83. The fourth-order valence-corrected chi connectivity index (χ4v) is 5.49. The molecule has 0 atom stereocenters. The molecule has 7 nitrogen and oxygen atoms in total. The number of nitrogens with one attached hydrogen (secondary N) is 1. The Hall–Kier alpha value is -3.38. The van der Waals surface area contributed by atoms with Gasteiger partial charge in [-0.15, -0.1) is 0 Å². The second-order valence-electron chi connectivity index (χ2n) is 10.8. The molecule has 0 unspecified atom stereocenters. The van der Waals surface area contributed by atoms with E-state index in [4.69, 9.17) is 4.74 Å². The lowest BCUT2D eigenvalue weighted by atomic mass is 9.48. The van der Waals surface area contributed by atoms with E-state index in [-0.39, 0.29) is 27.6 Å². The first-order valence-corrected chi connectivity index (χ1v) is 12.4. The molecule has 0 spiro atoms. The van der Waals surface area contributed by atoms with Crippen LogP contribution in [-0.4, -0.2) is 76.5 Å². The SMILES string of the molecule is BC(B)(B)N1CCN(c2c(OC)cc3c(=O)c4c5ccc(C#N)cc5[nH]c4n(C(C)C)c3c2F)CC1. The molecular weight excluding hydrogens is 454 g/mol. The van der Waals surface area contributed by atoms with E-state index >= 15 is 4.39 Å². The van der Waals surface area contributed by atoms with Gasteiger partial charge in [-0.3, -0.25) is 4.79 Å². The van der Waals surface area contributed by atoms with Crippen molar-refractivity contribution in [2.24, 2.45) is 0 Å². The number of nitriles is 1. The molecule has 1 aliphatic heterocycles. The lowest BCUT2D eigenvalue weighted by Gasteiger charge is -2.43. The number of nitrogens with zero attached hydrogens (tertiary/aromatic N) is 4. The molecular formula is C25H29B3FN5O2. The Morgan fingerprint density at radius 2 is 1.83 bits per heavy atom. The summed E-state index contributed by atoms with van der Waals surface area (Å²) in [4.78, 5) is 21.5. The summed E-state index contributed by atoms with van der Waals surface area (Å²) in [6.45, 7) is 6.88. The van der Waals surface area contributed by atoms with Gasteiger partial charge in [0.2, 0.25) is 0 Å². The van der Waals surface area contributed by atoms with Crippen LogP contribution in [0.1, 0.15) is 25.5 Å². The number of aromatic nitrogens is 2. The Morgan fingerprint density at radius 1 is 1.14 bits per heavy atom. The monoisotopic (exact) mass is 483 g/mol. The second-order valence-corrected chi connectivity index (χ2v) is 10.8. The molecule has 4 aromatic rings. The van der Waals surface area contributed by atoms with Crippen molar-refractivity contribution >= 4 is 62.1 Å². The van der Waals surface area contributed by atoms with Crippen LogP contribution in [0.5, 0.6) is 5.75 Å². The average molecular weight is 483 g/mol. The highest BCUT2D eigenvalue weighted by Gasteiger charge is 2.31. The van der Waals surface area contributed by atoms with E-state index in [1.807, 2.05) is 23.3 Å². The van der Waals surface area contributed by atoms with Crippen LogP contribution in [-0.2, 0) is 0 Å². The fraction of sp³-hybridized carbons (Fsp3) is 0.360. The second kappa shape index (κ2) is 8.63. The summed E-state index contributed by atoms with van der Waals surface area (Å²) in [7, 11) is 8.08. The van der Waals surface area contributed by atoms with E-state index in [2.05, 4.69) is 39.5 Å². The normalized spacial score (nSPS) is 15.3. The van der Waals surface area contributed by atoms with Crippen molar-refractivity contribution in [3.8, 4) is 11.8 Å². The summed E-state index contributed by atoms with van der Waals surface area (Å²) in [5, 5.41) is 10.9. The van der Waals surface area contributed by atoms with Crippen molar-refractivity contribution in [2.75, 3.05) is 38.2 Å². The van der Waals surface area contributed by atoms with Crippen molar-refractivity contribution in [3.63, 3.8) is 0 Å². The van der Waals surface area contributed by atoms with Gasteiger partial charge in [-0.1, -0.05) is 11.3 Å². The zero-order chi connectivity index (χ0) is 25.9. The molecule has 11 heteroatoms. The van der Waals surface area contributed by atoms with Gasteiger partial charge in [-0.25, -0.2) is 4.39 Å². The number of ether oxygens (including phenoxy) is 1.